The number of ketones is 1. The van der Waals surface area contributed by atoms with Gasteiger partial charge in [0, 0.05) is 74.5 Å². The molecule has 6 aromatic rings. The van der Waals surface area contributed by atoms with E-state index in [-0.39, 0.29) is 39.0 Å². The minimum atomic E-state index is -0.601. The molecule has 0 saturated heterocycles. The molecule has 0 aromatic carbocycles. The molecule has 380 valence electrons. The first-order valence-corrected chi connectivity index (χ1v) is 23.9. The van der Waals surface area contributed by atoms with Crippen LogP contribution in [0, 0.1) is 62.1 Å². The summed E-state index contributed by atoms with van der Waals surface area (Å²) in [6.07, 6.45) is 3.23. The van der Waals surface area contributed by atoms with Crippen LogP contribution in [0.3, 0.4) is 0 Å². The lowest BCUT2D eigenvalue weighted by molar-refractivity contribution is -0.625. The number of carbonyl (C=O) groups is 1. The Morgan fingerprint density at radius 3 is 1.56 bits per heavy atom. The molecule has 0 amide bonds. The largest absolute Gasteiger partial charge is 0.618 e. The van der Waals surface area contributed by atoms with Crippen LogP contribution in [0.1, 0.15) is 54.9 Å². The third-order valence-corrected chi connectivity index (χ3v) is 11.5. The fourth-order valence-corrected chi connectivity index (χ4v) is 7.31. The van der Waals surface area contributed by atoms with Gasteiger partial charge in [0.15, 0.2) is 34.4 Å². The molecule has 0 aliphatic rings. The number of pyridine rings is 6. The van der Waals surface area contributed by atoms with Gasteiger partial charge in [-0.2, -0.15) is 9.46 Å². The Morgan fingerprint density at radius 1 is 0.657 bits per heavy atom. The average Bonchev–Trinajstić information content (AvgIpc) is 3.30. The van der Waals surface area contributed by atoms with Gasteiger partial charge in [-0.05, 0) is 150 Å². The van der Waals surface area contributed by atoms with Crippen molar-refractivity contribution in [3.05, 3.63) is 156 Å². The predicted octanol–water partition coefficient (Wildman–Crippen LogP) is 11.1. The summed E-state index contributed by atoms with van der Waals surface area (Å²) in [6.45, 7) is 16.0. The van der Waals surface area contributed by atoms with E-state index in [0.717, 1.165) is 49.5 Å². The molecular formula is C46H55Br5N8O11. The van der Waals surface area contributed by atoms with Crippen molar-refractivity contribution in [3.8, 4) is 34.5 Å². The summed E-state index contributed by atoms with van der Waals surface area (Å²) in [5.41, 5.74) is 11.4. The van der Waals surface area contributed by atoms with Crippen LogP contribution in [0.2, 0.25) is 0 Å². The zero-order valence-corrected chi connectivity index (χ0v) is 48.5. The molecule has 6 rings (SSSR count). The molecule has 19 nitrogen and oxygen atoms in total. The van der Waals surface area contributed by atoms with Crippen molar-refractivity contribution in [1.82, 2.24) is 19.9 Å². The van der Waals surface area contributed by atoms with Crippen LogP contribution in [0.25, 0.3) is 0 Å². The highest BCUT2D eigenvalue weighted by molar-refractivity contribution is 9.11. The highest BCUT2D eigenvalue weighted by Gasteiger charge is 2.26. The number of rotatable bonds is 6. The lowest BCUT2D eigenvalue weighted by Gasteiger charge is -2.06. The molecule has 0 aliphatic heterocycles. The first-order chi connectivity index (χ1) is 32.7. The Bertz CT molecular complexity index is 2640. The number of nitro groups is 1. The van der Waals surface area contributed by atoms with Crippen LogP contribution >= 0.6 is 79.6 Å². The van der Waals surface area contributed by atoms with Crippen LogP contribution in [-0.2, 0) is 4.79 Å². The van der Waals surface area contributed by atoms with E-state index >= 15 is 0 Å². The number of methoxy groups -OCH3 is 4. The number of aromatic hydroxyl groups is 2. The van der Waals surface area contributed by atoms with Crippen molar-refractivity contribution in [3.63, 3.8) is 0 Å². The zero-order chi connectivity index (χ0) is 54.0. The van der Waals surface area contributed by atoms with E-state index in [4.69, 9.17) is 34.9 Å². The van der Waals surface area contributed by atoms with E-state index in [9.17, 15) is 25.3 Å². The van der Waals surface area contributed by atoms with Gasteiger partial charge in [0.1, 0.15) is 25.3 Å². The van der Waals surface area contributed by atoms with Crippen molar-refractivity contribution in [2.45, 2.75) is 62.3 Å². The Balaban J connectivity index is 0.000000801. The van der Waals surface area contributed by atoms with Crippen molar-refractivity contribution >= 4 is 96.8 Å². The zero-order valence-electron chi connectivity index (χ0n) is 40.6. The Morgan fingerprint density at radius 2 is 1.16 bits per heavy atom. The topological polar surface area (TPSA) is 269 Å². The van der Waals surface area contributed by atoms with Gasteiger partial charge >= 0.3 is 14.9 Å². The van der Waals surface area contributed by atoms with Gasteiger partial charge in [0.25, 0.3) is 5.75 Å². The number of allylic oxidation sites excluding steroid dienone is 2. The summed E-state index contributed by atoms with van der Waals surface area (Å²) < 4.78 is 23.3. The standard InChI is InChI=1S/C7H7BrN2O4.C7H9BrN2O.C7H8BrNO2.C7H8BrNO.C6H6BrNO.C6H7NO.C6H10O/c1-4-3-5(10(12)13)6(14-2)7(8)9(4)11;1-4-3-5(9)6(11-2)7(8)10-4;1-5-3-4-6(11-2)7(8)9(5)10;1-5-3-4-6(10-2)7(8)9-5;1-4-2-3-5(9)6(7)8-4;1-5-2-3-6(8)4-7-5;1-4-5(2)6(3)7/h3H,1-2H3;3H,1-2H3,(H2,9,10);3-4H,1-2H3;3-4H,1-2H3;2-3,9H,1H3;2-4,8H,1H3;4H,1-3H3/b;;;;;;5-4+. The smallest absolute Gasteiger partial charge is 0.325 e. The first kappa shape index (κ1) is 64.3. The molecule has 0 aliphatic carbocycles. The third kappa shape index (κ3) is 22.8. The molecule has 4 N–H and O–H groups in total. The van der Waals surface area contributed by atoms with E-state index in [0.29, 0.717) is 41.4 Å². The second kappa shape index (κ2) is 33.0. The molecule has 0 unspecified atom stereocenters. The third-order valence-electron chi connectivity index (χ3n) is 8.38. The molecule has 0 fully saturated rings. The highest BCUT2D eigenvalue weighted by Crippen LogP contribution is 2.33. The summed E-state index contributed by atoms with van der Waals surface area (Å²) in [6, 6.07) is 16.9. The van der Waals surface area contributed by atoms with Crippen LogP contribution < -0.4 is 34.1 Å². The first-order valence-electron chi connectivity index (χ1n) is 20.0. The molecule has 70 heavy (non-hydrogen) atoms. The maximum absolute atomic E-state index is 11.3. The molecule has 24 heteroatoms. The maximum atomic E-state index is 11.3. The Kier molecular flexibility index (Phi) is 30.3. The van der Waals surface area contributed by atoms with Gasteiger partial charge in [-0.3, -0.25) is 19.9 Å². The number of nitrogen functional groups attached to an aromatic ring is 1. The van der Waals surface area contributed by atoms with E-state index < -0.39 is 4.92 Å². The maximum Gasteiger partial charge on any atom is 0.325 e. The van der Waals surface area contributed by atoms with Crippen molar-refractivity contribution in [2.75, 3.05) is 34.2 Å². The van der Waals surface area contributed by atoms with E-state index in [1.807, 2.05) is 59.8 Å². The highest BCUT2D eigenvalue weighted by atomic mass is 79.9. The second-order valence-corrected chi connectivity index (χ2v) is 17.5. The Labute approximate surface area is 449 Å². The number of nitrogens with zero attached hydrogens (tertiary/aromatic N) is 7. The lowest BCUT2D eigenvalue weighted by Crippen LogP contribution is -2.32. The van der Waals surface area contributed by atoms with Crippen LogP contribution in [-0.4, -0.2) is 69.3 Å². The summed E-state index contributed by atoms with van der Waals surface area (Å²) in [7, 11) is 5.97. The second-order valence-electron chi connectivity index (χ2n) is 13.7. The summed E-state index contributed by atoms with van der Waals surface area (Å²) in [5, 5.41) is 50.6. The molecule has 6 aromatic heterocycles. The minimum absolute atomic E-state index is 0.00620. The average molecular weight is 1300 g/mol. The van der Waals surface area contributed by atoms with Crippen molar-refractivity contribution in [1.29, 1.82) is 0 Å². The SMILES string of the molecule is C/C=C(\C)C(C)=O.COc1c(N)cc(C)nc1Br.COc1c([N+](=O)[O-])cc(C)[n+]([O-])c1Br.COc1ccc(C)[n+]([O-])c1Br.COc1ccc(C)nc1Br.Cc1ccc(O)c(Br)n1.Cc1ccc(O)cn1. The quantitative estimate of drug-likeness (QED) is 0.0349. The number of Topliss-reactive ketones (excluding diaryl/α,β-unsaturated/α-hetero) is 1. The van der Waals surface area contributed by atoms with Crippen LogP contribution in [0.4, 0.5) is 11.4 Å². The van der Waals surface area contributed by atoms with E-state index in [2.05, 4.69) is 99.6 Å². The number of hydrogen-bond acceptors (Lipinski definition) is 16. The van der Waals surface area contributed by atoms with Crippen LogP contribution in [0.5, 0.6) is 34.5 Å². The minimum Gasteiger partial charge on any atom is -0.618 e. The number of ether oxygens (including phenoxy) is 4. The van der Waals surface area contributed by atoms with Gasteiger partial charge in [0.05, 0.1) is 51.3 Å². The van der Waals surface area contributed by atoms with Gasteiger partial charge in [-0.25, -0.2) is 15.0 Å². The number of carbonyl (C=O) groups excluding carboxylic acids is 1. The predicted molar refractivity (Wildman–Crippen MR) is 285 cm³/mol. The number of anilines is 1. The van der Waals surface area contributed by atoms with Gasteiger partial charge in [0.2, 0.25) is 0 Å². The van der Waals surface area contributed by atoms with E-state index in [1.54, 1.807) is 70.5 Å². The number of aryl methyl sites for hydroxylation is 6. The number of hydrogen-bond donors (Lipinski definition) is 3. The molecular weight excluding hydrogens is 1240 g/mol. The van der Waals surface area contributed by atoms with Crippen molar-refractivity contribution in [2.24, 2.45) is 0 Å². The lowest BCUT2D eigenvalue weighted by atomic mass is 10.2. The van der Waals surface area contributed by atoms with Gasteiger partial charge < -0.3 is 45.3 Å². The Hall–Kier alpha value is -5.69. The van der Waals surface area contributed by atoms with E-state index in [1.165, 1.54) is 27.3 Å². The van der Waals surface area contributed by atoms with Crippen molar-refractivity contribution < 1.29 is 48.3 Å². The summed E-state index contributed by atoms with van der Waals surface area (Å²) in [4.78, 5) is 36.3. The fourth-order valence-electron chi connectivity index (χ4n) is 4.43. The molecule has 0 atom stereocenters. The fraction of sp³-hybridized carbons (Fsp3) is 0.283. The molecule has 0 bridgehead atoms. The molecule has 6 heterocycles. The summed E-state index contributed by atoms with van der Waals surface area (Å²) in [5.74, 6) is 2.39. The van der Waals surface area contributed by atoms with Gasteiger partial charge in [-0.15, -0.1) is 0 Å². The number of aromatic nitrogens is 6. The van der Waals surface area contributed by atoms with Crippen LogP contribution in [0.15, 0.2) is 102 Å². The molecule has 0 spiro atoms. The molecule has 0 radical (unpaired) electrons. The normalized spacial score (nSPS) is 9.83. The van der Waals surface area contributed by atoms with Gasteiger partial charge in [-0.1, -0.05) is 6.08 Å². The monoisotopic (exact) mass is 1290 g/mol. The summed E-state index contributed by atoms with van der Waals surface area (Å²) >= 11 is 15.6. The number of halogens is 5. The number of nitrogens with two attached hydrogens (primary N) is 1. The molecule has 0 saturated carbocycles.